The van der Waals surface area contributed by atoms with Gasteiger partial charge in [0.15, 0.2) is 0 Å². The van der Waals surface area contributed by atoms with Gasteiger partial charge in [0, 0.05) is 19.8 Å². The summed E-state index contributed by atoms with van der Waals surface area (Å²) in [6.07, 6.45) is 0. The molecule has 3 aromatic carbocycles. The average Bonchev–Trinajstić information content (AvgIpc) is 3.37. The smallest absolute Gasteiger partial charge is 0.295 e. The number of anilines is 6. The van der Waals surface area contributed by atoms with Crippen LogP contribution < -0.4 is 27.1 Å². The van der Waals surface area contributed by atoms with E-state index in [-0.39, 0.29) is 45.4 Å². The number of hydrogen-bond acceptors (Lipinski definition) is 8. The first-order valence-corrected chi connectivity index (χ1v) is 14.2. The van der Waals surface area contributed by atoms with Gasteiger partial charge in [-0.2, -0.15) is 15.0 Å². The molecule has 0 aliphatic carbocycles. The van der Waals surface area contributed by atoms with Crippen molar-refractivity contribution in [2.45, 2.75) is 13.8 Å². The third-order valence-electron chi connectivity index (χ3n) is 7.39. The standard InChI is InChI=1S/C31H28ClFN10O2/c1-18-25(27(44)42(40(18)3)21-11-7-5-8-12-21)35-30-37-29(34-20-15-16-24(33)23(32)17-20)38-31(39-30)36-26-19(2)41(4)43(28(26)45)22-13-9-6-10-14-22/h5-17H,1-4H3,(H3,34,35,36,37,38,39). The molecule has 0 unspecified atom stereocenters. The molecule has 3 heterocycles. The van der Waals surface area contributed by atoms with Gasteiger partial charge in [-0.1, -0.05) is 48.0 Å². The van der Waals surface area contributed by atoms with E-state index in [0.29, 0.717) is 28.5 Å². The first-order chi connectivity index (χ1) is 21.6. The Morgan fingerprint density at radius 1 is 0.644 bits per heavy atom. The van der Waals surface area contributed by atoms with Crippen molar-refractivity contribution in [2.24, 2.45) is 14.1 Å². The number of para-hydroxylation sites is 2. The SMILES string of the molecule is Cc1c(Nc2nc(Nc3ccc(F)c(Cl)c3)nc(Nc3c(C)n(C)n(-c4ccccc4)c3=O)n2)c(=O)n(-c2ccccc2)n1C. The Morgan fingerprint density at radius 3 is 1.49 bits per heavy atom. The second-order valence-electron chi connectivity index (χ2n) is 10.2. The van der Waals surface area contributed by atoms with Crippen LogP contribution in [-0.4, -0.2) is 33.7 Å². The molecular formula is C31H28ClFN10O2. The minimum Gasteiger partial charge on any atom is -0.324 e. The van der Waals surface area contributed by atoms with E-state index in [9.17, 15) is 14.0 Å². The van der Waals surface area contributed by atoms with Gasteiger partial charge in [-0.05, 0) is 56.3 Å². The van der Waals surface area contributed by atoms with E-state index >= 15 is 0 Å². The minimum atomic E-state index is -0.578. The lowest BCUT2D eigenvalue weighted by Crippen LogP contribution is -2.21. The number of halogens is 2. The van der Waals surface area contributed by atoms with Crippen molar-refractivity contribution in [1.29, 1.82) is 0 Å². The molecule has 0 saturated carbocycles. The number of nitrogens with one attached hydrogen (secondary N) is 3. The van der Waals surface area contributed by atoms with Crippen LogP contribution in [0.2, 0.25) is 5.02 Å². The predicted molar refractivity (Wildman–Crippen MR) is 173 cm³/mol. The van der Waals surface area contributed by atoms with Crippen LogP contribution in [0.1, 0.15) is 11.4 Å². The third kappa shape index (κ3) is 5.56. The van der Waals surface area contributed by atoms with Crippen molar-refractivity contribution in [3.8, 4) is 11.4 Å². The maximum absolute atomic E-state index is 13.8. The van der Waals surface area contributed by atoms with Crippen LogP contribution in [0.5, 0.6) is 0 Å². The lowest BCUT2D eigenvalue weighted by atomic mass is 10.3. The Kier molecular flexibility index (Phi) is 7.69. The molecule has 0 fully saturated rings. The molecule has 6 aromatic rings. The van der Waals surface area contributed by atoms with Gasteiger partial charge in [-0.3, -0.25) is 19.0 Å². The Balaban J connectivity index is 1.43. The van der Waals surface area contributed by atoms with Gasteiger partial charge < -0.3 is 16.0 Å². The fourth-order valence-electron chi connectivity index (χ4n) is 4.89. The molecule has 0 aliphatic heterocycles. The number of aromatic nitrogens is 7. The van der Waals surface area contributed by atoms with Gasteiger partial charge in [0.1, 0.15) is 17.2 Å². The molecule has 0 saturated heterocycles. The first-order valence-electron chi connectivity index (χ1n) is 13.8. The lowest BCUT2D eigenvalue weighted by Gasteiger charge is -2.11. The Hall–Kier alpha value is -5.69. The summed E-state index contributed by atoms with van der Waals surface area (Å²) in [4.78, 5) is 40.6. The van der Waals surface area contributed by atoms with Crippen LogP contribution in [0.3, 0.4) is 0 Å². The van der Waals surface area contributed by atoms with Crippen molar-refractivity contribution < 1.29 is 4.39 Å². The molecule has 0 amide bonds. The molecule has 12 nitrogen and oxygen atoms in total. The summed E-state index contributed by atoms with van der Waals surface area (Å²) in [5.74, 6) is -0.491. The normalized spacial score (nSPS) is 11.1. The number of rotatable bonds is 8. The zero-order chi connectivity index (χ0) is 31.8. The monoisotopic (exact) mass is 626 g/mol. The average molecular weight is 627 g/mol. The topological polar surface area (TPSA) is 129 Å². The zero-order valence-corrected chi connectivity index (χ0v) is 25.5. The maximum atomic E-state index is 13.8. The third-order valence-corrected chi connectivity index (χ3v) is 7.68. The highest BCUT2D eigenvalue weighted by Gasteiger charge is 2.21. The summed E-state index contributed by atoms with van der Waals surface area (Å²) in [6.45, 7) is 3.59. The zero-order valence-electron chi connectivity index (χ0n) is 24.7. The van der Waals surface area contributed by atoms with Crippen LogP contribution in [0, 0.1) is 19.7 Å². The van der Waals surface area contributed by atoms with Gasteiger partial charge in [-0.25, -0.2) is 13.8 Å². The number of benzene rings is 3. The molecule has 0 radical (unpaired) electrons. The van der Waals surface area contributed by atoms with Crippen LogP contribution in [0.25, 0.3) is 11.4 Å². The Morgan fingerprint density at radius 2 is 1.07 bits per heavy atom. The summed E-state index contributed by atoms with van der Waals surface area (Å²) in [5, 5.41) is 9.00. The van der Waals surface area contributed by atoms with Crippen molar-refractivity contribution in [3.63, 3.8) is 0 Å². The molecule has 0 bridgehead atoms. The van der Waals surface area contributed by atoms with E-state index in [0.717, 1.165) is 0 Å². The van der Waals surface area contributed by atoms with E-state index in [1.807, 2.05) is 60.7 Å². The quantitative estimate of drug-likeness (QED) is 0.202. The summed E-state index contributed by atoms with van der Waals surface area (Å²) in [5.41, 5.74) is 2.89. The van der Waals surface area contributed by atoms with E-state index in [2.05, 4.69) is 30.9 Å². The highest BCUT2D eigenvalue weighted by molar-refractivity contribution is 6.31. The highest BCUT2D eigenvalue weighted by atomic mass is 35.5. The summed E-state index contributed by atoms with van der Waals surface area (Å²) in [6, 6.07) is 22.5. The van der Waals surface area contributed by atoms with Crippen LogP contribution in [-0.2, 0) is 14.1 Å². The van der Waals surface area contributed by atoms with Crippen molar-refractivity contribution in [3.05, 3.63) is 122 Å². The summed E-state index contributed by atoms with van der Waals surface area (Å²) < 4.78 is 20.3. The fraction of sp³-hybridized carbons (Fsp3) is 0.129. The van der Waals surface area contributed by atoms with Crippen molar-refractivity contribution in [1.82, 2.24) is 33.7 Å². The Labute approximate surface area is 261 Å². The molecule has 0 aliphatic rings. The second kappa shape index (κ2) is 11.8. The van der Waals surface area contributed by atoms with E-state index < -0.39 is 5.82 Å². The van der Waals surface area contributed by atoms with Crippen LogP contribution in [0.4, 0.5) is 39.3 Å². The van der Waals surface area contributed by atoms with Gasteiger partial charge in [0.05, 0.1) is 27.8 Å². The number of nitrogens with zero attached hydrogens (tertiary/aromatic N) is 7. The maximum Gasteiger partial charge on any atom is 0.295 e. The van der Waals surface area contributed by atoms with Gasteiger partial charge in [0.2, 0.25) is 17.8 Å². The molecule has 14 heteroatoms. The van der Waals surface area contributed by atoms with Gasteiger partial charge >= 0.3 is 0 Å². The van der Waals surface area contributed by atoms with Crippen LogP contribution in [0.15, 0.2) is 88.5 Å². The summed E-state index contributed by atoms with van der Waals surface area (Å²) >= 11 is 5.99. The molecule has 6 rings (SSSR count). The molecule has 0 atom stereocenters. The van der Waals surface area contributed by atoms with E-state index in [4.69, 9.17) is 11.6 Å². The highest BCUT2D eigenvalue weighted by Crippen LogP contribution is 2.25. The largest absolute Gasteiger partial charge is 0.324 e. The van der Waals surface area contributed by atoms with Gasteiger partial charge in [0.25, 0.3) is 11.1 Å². The second-order valence-corrected chi connectivity index (χ2v) is 10.6. The molecule has 45 heavy (non-hydrogen) atoms. The predicted octanol–water partition coefficient (Wildman–Crippen LogP) is 5.49. The molecule has 228 valence electrons. The minimum absolute atomic E-state index is 0.0196. The summed E-state index contributed by atoms with van der Waals surface area (Å²) in [7, 11) is 3.55. The van der Waals surface area contributed by atoms with Crippen molar-refractivity contribution >= 4 is 46.5 Å². The number of hydrogen-bond donors (Lipinski definition) is 3. The van der Waals surface area contributed by atoms with E-state index in [1.54, 1.807) is 37.3 Å². The first kappa shape index (κ1) is 29.4. The van der Waals surface area contributed by atoms with Crippen molar-refractivity contribution in [2.75, 3.05) is 16.0 Å². The molecule has 0 spiro atoms. The molecular weight excluding hydrogens is 599 g/mol. The fourth-order valence-corrected chi connectivity index (χ4v) is 5.08. The Bertz CT molecular complexity index is 2030. The van der Waals surface area contributed by atoms with E-state index in [1.165, 1.54) is 27.6 Å². The van der Waals surface area contributed by atoms with Crippen LogP contribution >= 0.6 is 11.6 Å². The van der Waals surface area contributed by atoms with Gasteiger partial charge in [-0.15, -0.1) is 0 Å². The lowest BCUT2D eigenvalue weighted by molar-refractivity contribution is 0.628. The molecule has 3 N–H and O–H groups in total. The molecule has 3 aromatic heterocycles.